The number of aliphatic hydroxyl groups excluding tert-OH is 1. The van der Waals surface area contributed by atoms with Crippen LogP contribution in [-0.4, -0.2) is 33.6 Å². The third-order valence-electron chi connectivity index (χ3n) is 4.36. The summed E-state index contributed by atoms with van der Waals surface area (Å²) in [5.41, 5.74) is 7.19. The van der Waals surface area contributed by atoms with Crippen LogP contribution in [0.15, 0.2) is 11.3 Å². The number of nitrogens with zero attached hydrogens (tertiary/aromatic N) is 3. The summed E-state index contributed by atoms with van der Waals surface area (Å²) < 4.78 is 7.77. The second kappa shape index (κ2) is 5.63. The van der Waals surface area contributed by atoms with Crippen molar-refractivity contribution in [3.05, 3.63) is 12.0 Å². The number of fused-ring (bicyclic) bond motifs is 1. The molecule has 4 unspecified atom stereocenters. The minimum absolute atomic E-state index is 0.0636. The number of hydrogen-bond donors (Lipinski definition) is 2. The highest BCUT2D eigenvalue weighted by molar-refractivity contribution is 5.65. The van der Waals surface area contributed by atoms with Gasteiger partial charge in [-0.2, -0.15) is 0 Å². The standard InChI is InChI=1S/C14H22N4O2/c1-2-9-5-6-16-14-13(12(9)15)17-8-18(14)11-4-3-10(7-19)20-11/h6,8-12,19H,2-5,7,15H2,1H3. The molecule has 6 heteroatoms. The van der Waals surface area contributed by atoms with E-state index in [1.165, 1.54) is 0 Å². The van der Waals surface area contributed by atoms with E-state index in [0.717, 1.165) is 37.2 Å². The first kappa shape index (κ1) is 13.7. The Bertz CT molecular complexity index is 499. The number of hydrogen-bond acceptors (Lipinski definition) is 5. The van der Waals surface area contributed by atoms with Gasteiger partial charge in [-0.15, -0.1) is 0 Å². The van der Waals surface area contributed by atoms with Crippen LogP contribution in [0.5, 0.6) is 0 Å². The maximum atomic E-state index is 9.17. The van der Waals surface area contributed by atoms with Crippen molar-refractivity contribution in [1.29, 1.82) is 0 Å². The Morgan fingerprint density at radius 2 is 2.35 bits per heavy atom. The van der Waals surface area contributed by atoms with E-state index in [-0.39, 0.29) is 25.0 Å². The minimum Gasteiger partial charge on any atom is -0.394 e. The normalized spacial score (nSPS) is 33.1. The van der Waals surface area contributed by atoms with Gasteiger partial charge in [-0.25, -0.2) is 9.98 Å². The Labute approximate surface area is 118 Å². The van der Waals surface area contributed by atoms with Gasteiger partial charge in [-0.05, 0) is 25.2 Å². The van der Waals surface area contributed by atoms with E-state index in [9.17, 15) is 5.11 Å². The lowest BCUT2D eigenvalue weighted by Crippen LogP contribution is -2.21. The Kier molecular flexibility index (Phi) is 3.87. The molecule has 110 valence electrons. The fourth-order valence-corrected chi connectivity index (χ4v) is 3.04. The minimum atomic E-state index is -0.0917. The molecule has 0 bridgehead atoms. The van der Waals surface area contributed by atoms with Crippen molar-refractivity contribution in [1.82, 2.24) is 9.55 Å². The van der Waals surface area contributed by atoms with Crippen molar-refractivity contribution in [2.45, 2.75) is 51.0 Å². The zero-order chi connectivity index (χ0) is 14.1. The van der Waals surface area contributed by atoms with Crippen LogP contribution in [0.25, 0.3) is 0 Å². The number of rotatable bonds is 3. The quantitative estimate of drug-likeness (QED) is 0.881. The van der Waals surface area contributed by atoms with Gasteiger partial charge >= 0.3 is 0 Å². The predicted octanol–water partition coefficient (Wildman–Crippen LogP) is 1.68. The van der Waals surface area contributed by atoms with Crippen LogP contribution in [0.2, 0.25) is 0 Å². The topological polar surface area (TPSA) is 85.7 Å². The molecule has 0 amide bonds. The molecular formula is C14H22N4O2. The average Bonchev–Trinajstić information content (AvgIpc) is 3.06. The molecule has 0 radical (unpaired) electrons. The average molecular weight is 278 g/mol. The van der Waals surface area contributed by atoms with Crippen LogP contribution < -0.4 is 5.73 Å². The SMILES string of the molecule is CCC1CC=Nc2c(ncn2C2CCC(CO)O2)C1N. The third-order valence-corrected chi connectivity index (χ3v) is 4.36. The first-order valence-electron chi connectivity index (χ1n) is 7.35. The van der Waals surface area contributed by atoms with Gasteiger partial charge in [0.15, 0.2) is 5.82 Å². The largest absolute Gasteiger partial charge is 0.394 e. The summed E-state index contributed by atoms with van der Waals surface area (Å²) in [6.45, 7) is 2.21. The zero-order valence-electron chi connectivity index (χ0n) is 11.8. The van der Waals surface area contributed by atoms with E-state index in [1.807, 2.05) is 10.8 Å². The first-order chi connectivity index (χ1) is 9.74. The molecule has 4 atom stereocenters. The molecule has 2 aliphatic rings. The van der Waals surface area contributed by atoms with Crippen LogP contribution in [0.4, 0.5) is 5.82 Å². The van der Waals surface area contributed by atoms with Gasteiger partial charge in [0.05, 0.1) is 25.1 Å². The van der Waals surface area contributed by atoms with Crippen molar-refractivity contribution in [2.24, 2.45) is 16.6 Å². The van der Waals surface area contributed by atoms with E-state index in [0.29, 0.717) is 5.92 Å². The summed E-state index contributed by atoms with van der Waals surface area (Å²) in [5, 5.41) is 9.17. The lowest BCUT2D eigenvalue weighted by atomic mass is 9.93. The van der Waals surface area contributed by atoms with Crippen molar-refractivity contribution in [3.63, 3.8) is 0 Å². The second-order valence-electron chi connectivity index (χ2n) is 5.57. The van der Waals surface area contributed by atoms with E-state index in [2.05, 4.69) is 16.9 Å². The second-order valence-corrected chi connectivity index (χ2v) is 5.57. The van der Waals surface area contributed by atoms with Gasteiger partial charge in [0.25, 0.3) is 0 Å². The maximum absolute atomic E-state index is 9.17. The molecule has 0 saturated carbocycles. The first-order valence-corrected chi connectivity index (χ1v) is 7.35. The van der Waals surface area contributed by atoms with Gasteiger partial charge in [0.1, 0.15) is 11.9 Å². The van der Waals surface area contributed by atoms with Gasteiger partial charge < -0.3 is 15.6 Å². The molecule has 1 aromatic rings. The summed E-state index contributed by atoms with van der Waals surface area (Å²) in [6, 6.07) is -0.0752. The highest BCUT2D eigenvalue weighted by Crippen LogP contribution is 2.38. The van der Waals surface area contributed by atoms with Crippen LogP contribution in [0.1, 0.15) is 50.6 Å². The molecule has 3 rings (SSSR count). The maximum Gasteiger partial charge on any atom is 0.158 e. The highest BCUT2D eigenvalue weighted by Gasteiger charge is 2.31. The molecule has 0 aromatic carbocycles. The van der Waals surface area contributed by atoms with Gasteiger partial charge in [-0.3, -0.25) is 4.57 Å². The van der Waals surface area contributed by atoms with Gasteiger partial charge in [-0.1, -0.05) is 13.3 Å². The fraction of sp³-hybridized carbons (Fsp3) is 0.714. The van der Waals surface area contributed by atoms with Crippen LogP contribution in [0.3, 0.4) is 0 Å². The molecule has 3 heterocycles. The number of ether oxygens (including phenoxy) is 1. The van der Waals surface area contributed by atoms with E-state index in [1.54, 1.807) is 6.33 Å². The molecule has 6 nitrogen and oxygen atoms in total. The molecule has 0 spiro atoms. The molecule has 1 saturated heterocycles. The summed E-state index contributed by atoms with van der Waals surface area (Å²) in [6.07, 6.45) is 7.18. The van der Waals surface area contributed by atoms with Crippen molar-refractivity contribution >= 4 is 12.0 Å². The zero-order valence-corrected chi connectivity index (χ0v) is 11.8. The summed E-state index contributed by atoms with van der Waals surface area (Å²) in [5.74, 6) is 1.20. The Hall–Kier alpha value is -1.24. The van der Waals surface area contributed by atoms with Crippen LogP contribution in [0, 0.1) is 5.92 Å². The van der Waals surface area contributed by atoms with Gasteiger partial charge in [0, 0.05) is 6.21 Å². The Morgan fingerprint density at radius 1 is 1.50 bits per heavy atom. The monoisotopic (exact) mass is 278 g/mol. The van der Waals surface area contributed by atoms with Crippen molar-refractivity contribution in [2.75, 3.05) is 6.61 Å². The number of aliphatic hydroxyl groups is 1. The Balaban J connectivity index is 1.89. The third kappa shape index (κ3) is 2.28. The molecule has 3 N–H and O–H groups in total. The number of imidazole rings is 1. The smallest absolute Gasteiger partial charge is 0.158 e. The van der Waals surface area contributed by atoms with E-state index < -0.39 is 0 Å². The number of nitrogens with two attached hydrogens (primary N) is 1. The number of aromatic nitrogens is 2. The lowest BCUT2D eigenvalue weighted by Gasteiger charge is -2.18. The molecule has 20 heavy (non-hydrogen) atoms. The molecular weight excluding hydrogens is 256 g/mol. The predicted molar refractivity (Wildman–Crippen MR) is 75.9 cm³/mol. The molecule has 0 aliphatic carbocycles. The molecule has 1 aromatic heterocycles. The highest BCUT2D eigenvalue weighted by atomic mass is 16.5. The summed E-state index contributed by atoms with van der Waals surface area (Å²) in [7, 11) is 0. The lowest BCUT2D eigenvalue weighted by molar-refractivity contribution is -0.0216. The van der Waals surface area contributed by atoms with Crippen molar-refractivity contribution < 1.29 is 9.84 Å². The molecule has 2 aliphatic heterocycles. The summed E-state index contributed by atoms with van der Waals surface area (Å²) in [4.78, 5) is 9.02. The summed E-state index contributed by atoms with van der Waals surface area (Å²) >= 11 is 0. The fourth-order valence-electron chi connectivity index (χ4n) is 3.04. The van der Waals surface area contributed by atoms with Crippen molar-refractivity contribution in [3.8, 4) is 0 Å². The Morgan fingerprint density at radius 3 is 3.05 bits per heavy atom. The van der Waals surface area contributed by atoms with Crippen LogP contribution >= 0.6 is 0 Å². The van der Waals surface area contributed by atoms with E-state index >= 15 is 0 Å². The van der Waals surface area contributed by atoms with Gasteiger partial charge in [0.2, 0.25) is 0 Å². The van der Waals surface area contributed by atoms with Crippen LogP contribution in [-0.2, 0) is 4.74 Å². The molecule has 1 fully saturated rings. The van der Waals surface area contributed by atoms with E-state index in [4.69, 9.17) is 10.5 Å². The number of aliphatic imine (C=N–C) groups is 1.